The van der Waals surface area contributed by atoms with Gasteiger partial charge in [0.2, 0.25) is 0 Å². The van der Waals surface area contributed by atoms with Crippen LogP contribution >= 0.6 is 0 Å². The lowest BCUT2D eigenvalue weighted by Crippen LogP contribution is -2.37. The maximum atomic E-state index is 15.8. The van der Waals surface area contributed by atoms with Gasteiger partial charge in [0.25, 0.3) is 0 Å². The quantitative estimate of drug-likeness (QED) is 0.252. The van der Waals surface area contributed by atoms with E-state index >= 15 is 8.78 Å². The van der Waals surface area contributed by atoms with Crippen LogP contribution in [0.3, 0.4) is 0 Å². The first-order valence-corrected chi connectivity index (χ1v) is 13.7. The number of nitrogens with zero attached hydrogens (tertiary/aromatic N) is 3. The van der Waals surface area contributed by atoms with Crippen LogP contribution in [0, 0.1) is 25.5 Å². The fourth-order valence-electron chi connectivity index (χ4n) is 5.80. The van der Waals surface area contributed by atoms with Gasteiger partial charge >= 0.3 is 6.03 Å². The molecular formula is C32H35F2N5O2. The molecule has 1 atom stereocenters. The zero-order valence-corrected chi connectivity index (χ0v) is 23.7. The third-order valence-corrected chi connectivity index (χ3v) is 7.60. The second kappa shape index (κ2) is 11.1. The maximum absolute atomic E-state index is 15.8. The van der Waals surface area contributed by atoms with Crippen LogP contribution < -0.4 is 11.1 Å². The average Bonchev–Trinajstić information content (AvgIpc) is 3.27. The number of halogens is 2. The monoisotopic (exact) mass is 559 g/mol. The number of anilines is 1. The zero-order chi connectivity index (χ0) is 29.5. The number of nitrogens with two attached hydrogens (primary N) is 1. The number of carbonyl (C=O) groups excluding carboxylic acids is 1. The molecule has 2 amide bonds. The molecule has 0 saturated carbocycles. The molecule has 0 fully saturated rings. The Bertz CT molecular complexity index is 1570. The molecule has 7 nitrogen and oxygen atoms in total. The second-order valence-electron chi connectivity index (χ2n) is 11.4. The SMILES string of the molecule is Cc1cccc(C)c1-n1nc2c(c1-c1cc(F)c(NC(N)=O)cc1F)CN(C(CC(C)(C)O)c1ccccc1)CC2. The molecule has 0 saturated heterocycles. The Morgan fingerprint density at radius 1 is 1.07 bits per heavy atom. The van der Waals surface area contributed by atoms with Gasteiger partial charge in [0.15, 0.2) is 0 Å². The summed E-state index contributed by atoms with van der Waals surface area (Å²) in [5.41, 5.74) is 9.77. The number of urea groups is 1. The first-order valence-electron chi connectivity index (χ1n) is 13.7. The van der Waals surface area contributed by atoms with E-state index in [2.05, 4.69) is 10.2 Å². The molecule has 0 spiro atoms. The number of hydrogen-bond donors (Lipinski definition) is 3. The number of primary amides is 1. The Labute approximate surface area is 238 Å². The fraction of sp³-hybridized carbons (Fsp3) is 0.312. The number of benzene rings is 3. The number of hydrogen-bond acceptors (Lipinski definition) is 4. The molecule has 4 N–H and O–H groups in total. The number of rotatable bonds is 7. The highest BCUT2D eigenvalue weighted by atomic mass is 19.1. The van der Waals surface area contributed by atoms with Crippen molar-refractivity contribution < 1.29 is 18.7 Å². The Kier molecular flexibility index (Phi) is 7.68. The van der Waals surface area contributed by atoms with Crippen molar-refractivity contribution in [3.05, 3.63) is 100 Å². The molecule has 4 aromatic rings. The van der Waals surface area contributed by atoms with E-state index in [9.17, 15) is 9.90 Å². The van der Waals surface area contributed by atoms with E-state index in [0.717, 1.165) is 45.8 Å². The van der Waals surface area contributed by atoms with Crippen LogP contribution in [0.25, 0.3) is 16.9 Å². The number of nitrogens with one attached hydrogen (secondary N) is 1. The maximum Gasteiger partial charge on any atom is 0.316 e. The molecule has 3 aromatic carbocycles. The average molecular weight is 560 g/mol. The van der Waals surface area contributed by atoms with Gasteiger partial charge in [-0.3, -0.25) is 4.90 Å². The van der Waals surface area contributed by atoms with E-state index in [1.807, 2.05) is 62.4 Å². The van der Waals surface area contributed by atoms with Gasteiger partial charge in [-0.2, -0.15) is 5.10 Å². The van der Waals surface area contributed by atoms with Gasteiger partial charge in [0, 0.05) is 42.7 Å². The van der Waals surface area contributed by atoms with Crippen molar-refractivity contribution in [1.29, 1.82) is 0 Å². The van der Waals surface area contributed by atoms with Crippen LogP contribution in [0.5, 0.6) is 0 Å². The highest BCUT2D eigenvalue weighted by Crippen LogP contribution is 2.40. The first kappa shape index (κ1) is 28.4. The fourth-order valence-corrected chi connectivity index (χ4v) is 5.80. The predicted molar refractivity (Wildman–Crippen MR) is 156 cm³/mol. The standard InChI is InChI=1S/C32H35F2N5O2/c1-19-9-8-10-20(2)29(19)39-30(22-15-25(34)27(16-24(22)33)36-31(35)40)23-18-38(14-13-26(23)37-39)28(17-32(3,4)41)21-11-6-5-7-12-21/h5-12,15-16,28,41H,13-14,17-18H2,1-4H3,(H3,35,36,40). The van der Waals surface area contributed by atoms with Gasteiger partial charge in [0.05, 0.1) is 28.4 Å². The number of fused-ring (bicyclic) bond motifs is 1. The summed E-state index contributed by atoms with van der Waals surface area (Å²) in [6.07, 6.45) is 1.09. The molecular weight excluding hydrogens is 524 g/mol. The molecule has 41 heavy (non-hydrogen) atoms. The van der Waals surface area contributed by atoms with Crippen molar-refractivity contribution in [2.24, 2.45) is 5.73 Å². The Morgan fingerprint density at radius 2 is 1.76 bits per heavy atom. The van der Waals surface area contributed by atoms with E-state index in [4.69, 9.17) is 10.8 Å². The van der Waals surface area contributed by atoms with Crippen LogP contribution in [-0.4, -0.2) is 38.0 Å². The summed E-state index contributed by atoms with van der Waals surface area (Å²) in [5.74, 6) is -1.52. The normalized spacial score (nSPS) is 14.5. The highest BCUT2D eigenvalue weighted by Gasteiger charge is 2.34. The Hall–Kier alpha value is -4.08. The highest BCUT2D eigenvalue weighted by molar-refractivity contribution is 5.88. The van der Waals surface area contributed by atoms with Crippen molar-refractivity contribution in [2.75, 3.05) is 11.9 Å². The molecule has 1 unspecified atom stereocenters. The van der Waals surface area contributed by atoms with Gasteiger partial charge in [-0.15, -0.1) is 0 Å². The van der Waals surface area contributed by atoms with Crippen LogP contribution in [0.15, 0.2) is 60.7 Å². The van der Waals surface area contributed by atoms with Gasteiger partial charge in [-0.1, -0.05) is 48.5 Å². The van der Waals surface area contributed by atoms with Crippen molar-refractivity contribution in [2.45, 2.75) is 58.7 Å². The lowest BCUT2D eigenvalue weighted by Gasteiger charge is -2.37. The summed E-state index contributed by atoms with van der Waals surface area (Å²) in [6.45, 7) is 8.62. The van der Waals surface area contributed by atoms with E-state index in [1.165, 1.54) is 0 Å². The molecule has 2 heterocycles. The van der Waals surface area contributed by atoms with Crippen LogP contribution in [0.2, 0.25) is 0 Å². The zero-order valence-electron chi connectivity index (χ0n) is 23.7. The lowest BCUT2D eigenvalue weighted by molar-refractivity contribution is 0.0287. The topological polar surface area (TPSA) is 96.4 Å². The number of aryl methyl sites for hydroxylation is 2. The van der Waals surface area contributed by atoms with Crippen LogP contribution in [-0.2, 0) is 13.0 Å². The van der Waals surface area contributed by atoms with Gasteiger partial charge in [-0.05, 0) is 56.9 Å². The third kappa shape index (κ3) is 5.87. The summed E-state index contributed by atoms with van der Waals surface area (Å²) in [4.78, 5) is 13.6. The predicted octanol–water partition coefficient (Wildman–Crippen LogP) is 6.19. The molecule has 1 aliphatic heterocycles. The number of para-hydroxylation sites is 1. The molecule has 0 aliphatic carbocycles. The van der Waals surface area contributed by atoms with Gasteiger partial charge < -0.3 is 16.2 Å². The van der Waals surface area contributed by atoms with E-state index in [0.29, 0.717) is 31.6 Å². The summed E-state index contributed by atoms with van der Waals surface area (Å²) in [5, 5.41) is 17.9. The minimum Gasteiger partial charge on any atom is -0.390 e. The van der Waals surface area contributed by atoms with Crippen molar-refractivity contribution in [3.63, 3.8) is 0 Å². The van der Waals surface area contributed by atoms with Crippen molar-refractivity contribution in [3.8, 4) is 16.9 Å². The van der Waals surface area contributed by atoms with Crippen molar-refractivity contribution >= 4 is 11.7 Å². The Morgan fingerprint density at radius 3 is 2.39 bits per heavy atom. The van der Waals surface area contributed by atoms with E-state index in [-0.39, 0.29) is 17.3 Å². The smallest absolute Gasteiger partial charge is 0.316 e. The van der Waals surface area contributed by atoms with Crippen molar-refractivity contribution in [1.82, 2.24) is 14.7 Å². The molecule has 9 heteroatoms. The summed E-state index contributed by atoms with van der Waals surface area (Å²) < 4.78 is 32.7. The molecule has 5 rings (SSSR count). The van der Waals surface area contributed by atoms with Gasteiger partial charge in [0.1, 0.15) is 11.6 Å². The second-order valence-corrected chi connectivity index (χ2v) is 11.4. The van der Waals surface area contributed by atoms with E-state index in [1.54, 1.807) is 18.5 Å². The summed E-state index contributed by atoms with van der Waals surface area (Å²) >= 11 is 0. The molecule has 214 valence electrons. The van der Waals surface area contributed by atoms with Gasteiger partial charge in [-0.25, -0.2) is 18.3 Å². The van der Waals surface area contributed by atoms with E-state index < -0.39 is 23.3 Å². The molecule has 0 bridgehead atoms. The van der Waals surface area contributed by atoms with Crippen LogP contribution in [0.4, 0.5) is 19.3 Å². The number of aliphatic hydroxyl groups is 1. The number of carbonyl (C=O) groups is 1. The Balaban J connectivity index is 1.69. The first-order chi connectivity index (χ1) is 19.4. The number of aromatic nitrogens is 2. The molecule has 1 aromatic heterocycles. The van der Waals surface area contributed by atoms with Crippen LogP contribution in [0.1, 0.15) is 54.3 Å². The summed E-state index contributed by atoms with van der Waals surface area (Å²) in [7, 11) is 0. The number of amides is 2. The minimum atomic E-state index is -0.983. The summed E-state index contributed by atoms with van der Waals surface area (Å²) in [6, 6.07) is 16.8. The largest absolute Gasteiger partial charge is 0.390 e. The molecule has 0 radical (unpaired) electrons. The lowest BCUT2D eigenvalue weighted by atomic mass is 9.90. The molecule has 1 aliphatic rings. The minimum absolute atomic E-state index is 0.0366. The third-order valence-electron chi connectivity index (χ3n) is 7.60.